The SMILES string of the molecule is CC(C)CC(C)C(=O)Nc1ccccc1. The zero-order valence-electron chi connectivity index (χ0n) is 9.66. The van der Waals surface area contributed by atoms with E-state index in [1.165, 1.54) is 0 Å². The molecule has 0 aliphatic heterocycles. The van der Waals surface area contributed by atoms with Crippen molar-refractivity contribution < 1.29 is 4.79 Å². The third kappa shape index (κ3) is 4.15. The van der Waals surface area contributed by atoms with Gasteiger partial charge in [0.15, 0.2) is 0 Å². The first-order chi connectivity index (χ1) is 7.09. The summed E-state index contributed by atoms with van der Waals surface area (Å²) in [5.74, 6) is 0.738. The lowest BCUT2D eigenvalue weighted by Gasteiger charge is -2.13. The topological polar surface area (TPSA) is 29.1 Å². The molecule has 1 aromatic carbocycles. The quantitative estimate of drug-likeness (QED) is 0.802. The van der Waals surface area contributed by atoms with Crippen LogP contribution in [0.2, 0.25) is 0 Å². The molecule has 0 radical (unpaired) electrons. The van der Waals surface area contributed by atoms with Gasteiger partial charge in [-0.2, -0.15) is 0 Å². The molecule has 15 heavy (non-hydrogen) atoms. The van der Waals surface area contributed by atoms with Gasteiger partial charge in [0.1, 0.15) is 0 Å². The van der Waals surface area contributed by atoms with Crippen molar-refractivity contribution in [3.8, 4) is 0 Å². The molecule has 0 saturated heterocycles. The summed E-state index contributed by atoms with van der Waals surface area (Å²) >= 11 is 0. The normalized spacial score (nSPS) is 12.5. The summed E-state index contributed by atoms with van der Waals surface area (Å²) in [6.07, 6.45) is 0.929. The van der Waals surface area contributed by atoms with Crippen LogP contribution in [0.1, 0.15) is 27.2 Å². The van der Waals surface area contributed by atoms with Crippen molar-refractivity contribution in [3.63, 3.8) is 0 Å². The van der Waals surface area contributed by atoms with Gasteiger partial charge in [-0.1, -0.05) is 39.0 Å². The highest BCUT2D eigenvalue weighted by atomic mass is 16.1. The highest BCUT2D eigenvalue weighted by Crippen LogP contribution is 2.14. The molecule has 0 fully saturated rings. The second-order valence-electron chi connectivity index (χ2n) is 4.39. The number of carbonyl (C=O) groups excluding carboxylic acids is 1. The van der Waals surface area contributed by atoms with Crippen LogP contribution in [0.4, 0.5) is 5.69 Å². The summed E-state index contributed by atoms with van der Waals surface area (Å²) in [5, 5.41) is 2.91. The molecule has 0 spiro atoms. The van der Waals surface area contributed by atoms with Crippen LogP contribution in [0.15, 0.2) is 30.3 Å². The van der Waals surface area contributed by atoms with Crippen molar-refractivity contribution in [1.29, 1.82) is 0 Å². The van der Waals surface area contributed by atoms with E-state index in [1.54, 1.807) is 0 Å². The predicted octanol–water partition coefficient (Wildman–Crippen LogP) is 3.31. The van der Waals surface area contributed by atoms with E-state index in [2.05, 4.69) is 19.2 Å². The summed E-state index contributed by atoms with van der Waals surface area (Å²) in [4.78, 5) is 11.7. The highest BCUT2D eigenvalue weighted by molar-refractivity contribution is 5.92. The standard InChI is InChI=1S/C13H19NO/c1-10(2)9-11(3)13(15)14-12-7-5-4-6-8-12/h4-8,10-11H,9H2,1-3H3,(H,14,15). The molecule has 0 heterocycles. The summed E-state index contributed by atoms with van der Waals surface area (Å²) < 4.78 is 0. The fourth-order valence-corrected chi connectivity index (χ4v) is 1.60. The lowest BCUT2D eigenvalue weighted by atomic mass is 9.98. The van der Waals surface area contributed by atoms with E-state index >= 15 is 0 Å². The molecule has 1 rings (SSSR count). The summed E-state index contributed by atoms with van der Waals surface area (Å²) in [5.41, 5.74) is 0.873. The van der Waals surface area contributed by atoms with Crippen LogP contribution >= 0.6 is 0 Å². The minimum absolute atomic E-state index is 0.0743. The van der Waals surface area contributed by atoms with Gasteiger partial charge in [-0.25, -0.2) is 0 Å². The molecule has 1 atom stereocenters. The molecule has 2 heteroatoms. The van der Waals surface area contributed by atoms with Crippen LogP contribution in [-0.4, -0.2) is 5.91 Å². The summed E-state index contributed by atoms with van der Waals surface area (Å²) in [6.45, 7) is 6.23. The molecule has 0 saturated carbocycles. The van der Waals surface area contributed by atoms with E-state index in [0.29, 0.717) is 5.92 Å². The third-order valence-corrected chi connectivity index (χ3v) is 2.31. The predicted molar refractivity (Wildman–Crippen MR) is 63.7 cm³/mol. The fourth-order valence-electron chi connectivity index (χ4n) is 1.60. The minimum atomic E-state index is 0.0743. The maximum atomic E-state index is 11.7. The van der Waals surface area contributed by atoms with Crippen molar-refractivity contribution >= 4 is 11.6 Å². The fraction of sp³-hybridized carbons (Fsp3) is 0.462. The molecular weight excluding hydrogens is 186 g/mol. The van der Waals surface area contributed by atoms with Crippen LogP contribution < -0.4 is 5.32 Å². The lowest BCUT2D eigenvalue weighted by molar-refractivity contribution is -0.119. The second-order valence-corrected chi connectivity index (χ2v) is 4.39. The molecule has 1 N–H and O–H groups in total. The molecule has 0 bridgehead atoms. The molecule has 0 aliphatic rings. The zero-order chi connectivity index (χ0) is 11.3. The third-order valence-electron chi connectivity index (χ3n) is 2.31. The van der Waals surface area contributed by atoms with Gasteiger partial charge in [-0.3, -0.25) is 4.79 Å². The number of amides is 1. The molecule has 1 unspecified atom stereocenters. The van der Waals surface area contributed by atoms with Gasteiger partial charge < -0.3 is 5.32 Å². The van der Waals surface area contributed by atoms with Gasteiger partial charge in [-0.05, 0) is 24.5 Å². The molecule has 0 aliphatic carbocycles. The summed E-state index contributed by atoms with van der Waals surface area (Å²) in [7, 11) is 0. The Morgan fingerprint density at radius 2 is 1.80 bits per heavy atom. The Bertz CT molecular complexity index is 306. The molecule has 2 nitrogen and oxygen atoms in total. The van der Waals surface area contributed by atoms with Crippen LogP contribution in [0, 0.1) is 11.8 Å². The Morgan fingerprint density at radius 1 is 1.20 bits per heavy atom. The smallest absolute Gasteiger partial charge is 0.227 e. The van der Waals surface area contributed by atoms with Gasteiger partial charge in [0, 0.05) is 11.6 Å². The van der Waals surface area contributed by atoms with Crippen molar-refractivity contribution in [3.05, 3.63) is 30.3 Å². The Morgan fingerprint density at radius 3 is 2.33 bits per heavy atom. The zero-order valence-corrected chi connectivity index (χ0v) is 9.66. The van der Waals surface area contributed by atoms with Gasteiger partial charge >= 0.3 is 0 Å². The van der Waals surface area contributed by atoms with E-state index in [0.717, 1.165) is 12.1 Å². The van der Waals surface area contributed by atoms with Gasteiger partial charge in [-0.15, -0.1) is 0 Å². The number of para-hydroxylation sites is 1. The average Bonchev–Trinajstić information content (AvgIpc) is 2.18. The molecule has 82 valence electrons. The van der Waals surface area contributed by atoms with Crippen molar-refractivity contribution in [1.82, 2.24) is 0 Å². The van der Waals surface area contributed by atoms with Gasteiger partial charge in [0.05, 0.1) is 0 Å². The monoisotopic (exact) mass is 205 g/mol. The number of benzene rings is 1. The first-order valence-corrected chi connectivity index (χ1v) is 5.45. The van der Waals surface area contributed by atoms with E-state index in [-0.39, 0.29) is 11.8 Å². The van der Waals surface area contributed by atoms with Crippen LogP contribution in [0.5, 0.6) is 0 Å². The van der Waals surface area contributed by atoms with Crippen LogP contribution in [0.3, 0.4) is 0 Å². The Hall–Kier alpha value is -1.31. The average molecular weight is 205 g/mol. The molecule has 0 aromatic heterocycles. The first kappa shape index (κ1) is 11.8. The maximum absolute atomic E-state index is 11.7. The van der Waals surface area contributed by atoms with E-state index in [1.807, 2.05) is 37.3 Å². The molecule has 1 aromatic rings. The lowest BCUT2D eigenvalue weighted by Crippen LogP contribution is -2.21. The van der Waals surface area contributed by atoms with E-state index in [9.17, 15) is 4.79 Å². The number of hydrogen-bond acceptors (Lipinski definition) is 1. The Balaban J connectivity index is 2.49. The largest absolute Gasteiger partial charge is 0.326 e. The van der Waals surface area contributed by atoms with Crippen molar-refractivity contribution in [2.24, 2.45) is 11.8 Å². The number of nitrogens with one attached hydrogen (secondary N) is 1. The Kier molecular flexibility index (Phi) is 4.35. The highest BCUT2D eigenvalue weighted by Gasteiger charge is 2.13. The van der Waals surface area contributed by atoms with Gasteiger partial charge in [0.2, 0.25) is 5.91 Å². The number of hydrogen-bond donors (Lipinski definition) is 1. The second kappa shape index (κ2) is 5.54. The first-order valence-electron chi connectivity index (χ1n) is 5.45. The Labute approximate surface area is 91.7 Å². The minimum Gasteiger partial charge on any atom is -0.326 e. The number of carbonyl (C=O) groups is 1. The number of anilines is 1. The van der Waals surface area contributed by atoms with Crippen molar-refractivity contribution in [2.75, 3.05) is 5.32 Å². The molecular formula is C13H19NO. The number of rotatable bonds is 4. The van der Waals surface area contributed by atoms with Crippen LogP contribution in [0.25, 0.3) is 0 Å². The van der Waals surface area contributed by atoms with Crippen LogP contribution in [-0.2, 0) is 4.79 Å². The van der Waals surface area contributed by atoms with E-state index in [4.69, 9.17) is 0 Å². The maximum Gasteiger partial charge on any atom is 0.227 e. The van der Waals surface area contributed by atoms with E-state index < -0.39 is 0 Å². The van der Waals surface area contributed by atoms with Gasteiger partial charge in [0.25, 0.3) is 0 Å². The summed E-state index contributed by atoms with van der Waals surface area (Å²) in [6, 6.07) is 9.58. The molecule has 1 amide bonds. The van der Waals surface area contributed by atoms with Crippen molar-refractivity contribution in [2.45, 2.75) is 27.2 Å².